The van der Waals surface area contributed by atoms with E-state index in [1.54, 1.807) is 36.4 Å². The van der Waals surface area contributed by atoms with Crippen LogP contribution in [-0.4, -0.2) is 35.9 Å². The molecule has 2 amide bonds. The number of carbonyl (C=O) groups excluding carboxylic acids is 2. The maximum Gasteiger partial charge on any atom is 0.259 e. The van der Waals surface area contributed by atoms with Crippen LogP contribution in [0.5, 0.6) is 5.75 Å². The Balaban J connectivity index is 1.73. The maximum atomic E-state index is 12.7. The van der Waals surface area contributed by atoms with Gasteiger partial charge < -0.3 is 15.0 Å². The summed E-state index contributed by atoms with van der Waals surface area (Å²) in [6.45, 7) is 5.47. The van der Waals surface area contributed by atoms with Gasteiger partial charge in [-0.3, -0.25) is 9.59 Å². The molecule has 2 aromatic carbocycles. The summed E-state index contributed by atoms with van der Waals surface area (Å²) >= 11 is 3.40. The van der Waals surface area contributed by atoms with Crippen LogP contribution >= 0.6 is 15.9 Å². The smallest absolute Gasteiger partial charge is 0.259 e. The van der Waals surface area contributed by atoms with Gasteiger partial charge in [-0.1, -0.05) is 15.9 Å². The van der Waals surface area contributed by atoms with Gasteiger partial charge in [-0.15, -0.1) is 0 Å². The fraction of sp³-hybridized carbons (Fsp3) is 0.333. The molecule has 1 aliphatic rings. The second-order valence-corrected chi connectivity index (χ2v) is 7.75. The average Bonchev–Trinajstić information content (AvgIpc) is 3.17. The van der Waals surface area contributed by atoms with Gasteiger partial charge in [0.05, 0.1) is 11.7 Å². The third-order valence-electron chi connectivity index (χ3n) is 4.33. The van der Waals surface area contributed by atoms with Crippen molar-refractivity contribution >= 4 is 33.4 Å². The lowest BCUT2D eigenvalue weighted by Crippen LogP contribution is -2.27. The molecule has 1 fully saturated rings. The van der Waals surface area contributed by atoms with Crippen LogP contribution in [-0.2, 0) is 0 Å². The fourth-order valence-corrected chi connectivity index (χ4v) is 3.39. The standard InChI is InChI=1S/C21H23BrN2O3/c1-14(2)27-19-10-7-16(22)13-18(19)20(25)23-17-8-5-15(6-9-17)21(26)24-11-3-4-12-24/h5-10,13-14H,3-4,11-12H2,1-2H3,(H,23,25). The van der Waals surface area contributed by atoms with E-state index in [1.807, 2.05) is 24.8 Å². The molecule has 0 saturated carbocycles. The molecule has 1 aliphatic heterocycles. The summed E-state index contributed by atoms with van der Waals surface area (Å²) in [4.78, 5) is 27.0. The number of ether oxygens (including phenoxy) is 1. The van der Waals surface area contributed by atoms with Gasteiger partial charge in [0.2, 0.25) is 0 Å². The van der Waals surface area contributed by atoms with Crippen molar-refractivity contribution in [3.8, 4) is 5.75 Å². The van der Waals surface area contributed by atoms with Gasteiger partial charge in [-0.2, -0.15) is 0 Å². The summed E-state index contributed by atoms with van der Waals surface area (Å²) < 4.78 is 6.54. The fourth-order valence-electron chi connectivity index (χ4n) is 3.03. The van der Waals surface area contributed by atoms with Crippen molar-refractivity contribution in [3.05, 3.63) is 58.1 Å². The molecule has 1 heterocycles. The second-order valence-electron chi connectivity index (χ2n) is 6.84. The van der Waals surface area contributed by atoms with Gasteiger partial charge in [0.25, 0.3) is 11.8 Å². The van der Waals surface area contributed by atoms with Crippen LogP contribution in [0.1, 0.15) is 47.4 Å². The van der Waals surface area contributed by atoms with E-state index in [4.69, 9.17) is 4.74 Å². The van der Waals surface area contributed by atoms with Crippen molar-refractivity contribution in [1.29, 1.82) is 0 Å². The molecule has 0 radical (unpaired) electrons. The summed E-state index contributed by atoms with van der Waals surface area (Å²) in [7, 11) is 0. The number of rotatable bonds is 5. The number of anilines is 1. The Hall–Kier alpha value is -2.34. The van der Waals surface area contributed by atoms with E-state index in [0.717, 1.165) is 30.4 Å². The quantitative estimate of drug-likeness (QED) is 0.745. The normalized spacial score (nSPS) is 13.7. The number of benzene rings is 2. The highest BCUT2D eigenvalue weighted by atomic mass is 79.9. The van der Waals surface area contributed by atoms with Gasteiger partial charge in [-0.05, 0) is 69.2 Å². The number of nitrogens with zero attached hydrogens (tertiary/aromatic N) is 1. The molecular weight excluding hydrogens is 408 g/mol. The van der Waals surface area contributed by atoms with E-state index in [0.29, 0.717) is 22.6 Å². The summed E-state index contributed by atoms with van der Waals surface area (Å²) in [6.07, 6.45) is 2.09. The summed E-state index contributed by atoms with van der Waals surface area (Å²) in [5, 5.41) is 2.87. The zero-order chi connectivity index (χ0) is 19.4. The minimum atomic E-state index is -0.259. The molecule has 1 N–H and O–H groups in total. The molecule has 0 aliphatic carbocycles. The first-order valence-corrected chi connectivity index (χ1v) is 9.90. The first-order chi connectivity index (χ1) is 12.9. The minimum Gasteiger partial charge on any atom is -0.490 e. The SMILES string of the molecule is CC(C)Oc1ccc(Br)cc1C(=O)Nc1ccc(C(=O)N2CCCC2)cc1. The molecule has 0 atom stereocenters. The molecule has 3 rings (SSSR count). The molecule has 0 spiro atoms. The lowest BCUT2D eigenvalue weighted by atomic mass is 10.1. The van der Waals surface area contributed by atoms with Crippen molar-refractivity contribution in [1.82, 2.24) is 4.90 Å². The van der Waals surface area contributed by atoms with Crippen LogP contribution in [0.2, 0.25) is 0 Å². The molecule has 0 unspecified atom stereocenters. The topological polar surface area (TPSA) is 58.6 Å². The third-order valence-corrected chi connectivity index (χ3v) is 4.83. The van der Waals surface area contributed by atoms with Gasteiger partial charge in [-0.25, -0.2) is 0 Å². The van der Waals surface area contributed by atoms with E-state index in [1.165, 1.54) is 0 Å². The molecule has 142 valence electrons. The summed E-state index contributed by atoms with van der Waals surface area (Å²) in [5.74, 6) is 0.321. The summed E-state index contributed by atoms with van der Waals surface area (Å²) in [5.41, 5.74) is 1.73. The zero-order valence-corrected chi connectivity index (χ0v) is 17.1. The van der Waals surface area contributed by atoms with Gasteiger partial charge >= 0.3 is 0 Å². The largest absolute Gasteiger partial charge is 0.490 e. The first kappa shape index (κ1) is 19.4. The van der Waals surface area contributed by atoms with Crippen LogP contribution in [0.3, 0.4) is 0 Å². The Bertz CT molecular complexity index is 828. The highest BCUT2D eigenvalue weighted by molar-refractivity contribution is 9.10. The van der Waals surface area contributed by atoms with Crippen molar-refractivity contribution in [2.75, 3.05) is 18.4 Å². The van der Waals surface area contributed by atoms with Crippen LogP contribution in [0.4, 0.5) is 5.69 Å². The van der Waals surface area contributed by atoms with Crippen molar-refractivity contribution < 1.29 is 14.3 Å². The van der Waals surface area contributed by atoms with Crippen LogP contribution < -0.4 is 10.1 Å². The average molecular weight is 431 g/mol. The molecule has 0 aromatic heterocycles. The van der Waals surface area contributed by atoms with Crippen molar-refractivity contribution in [3.63, 3.8) is 0 Å². The van der Waals surface area contributed by atoms with E-state index in [9.17, 15) is 9.59 Å². The Morgan fingerprint density at radius 2 is 1.74 bits per heavy atom. The lowest BCUT2D eigenvalue weighted by molar-refractivity contribution is 0.0792. The molecule has 5 nitrogen and oxygen atoms in total. The Kier molecular flexibility index (Phi) is 6.16. The van der Waals surface area contributed by atoms with E-state index in [-0.39, 0.29) is 17.9 Å². The second kappa shape index (κ2) is 8.57. The van der Waals surface area contributed by atoms with Crippen molar-refractivity contribution in [2.45, 2.75) is 32.8 Å². The number of hydrogen-bond donors (Lipinski definition) is 1. The molecule has 2 aromatic rings. The number of halogens is 1. The zero-order valence-electron chi connectivity index (χ0n) is 15.5. The number of likely N-dealkylation sites (tertiary alicyclic amines) is 1. The first-order valence-electron chi connectivity index (χ1n) is 9.11. The van der Waals surface area contributed by atoms with Gasteiger partial charge in [0, 0.05) is 28.8 Å². The monoisotopic (exact) mass is 430 g/mol. The molecule has 27 heavy (non-hydrogen) atoms. The minimum absolute atomic E-state index is 0.0337. The van der Waals surface area contributed by atoms with E-state index < -0.39 is 0 Å². The predicted octanol–water partition coefficient (Wildman–Crippen LogP) is 4.72. The van der Waals surface area contributed by atoms with Gasteiger partial charge in [0.15, 0.2) is 0 Å². The third kappa shape index (κ3) is 4.89. The number of hydrogen-bond acceptors (Lipinski definition) is 3. The molecule has 6 heteroatoms. The number of carbonyl (C=O) groups is 2. The highest BCUT2D eigenvalue weighted by Crippen LogP contribution is 2.25. The van der Waals surface area contributed by atoms with E-state index in [2.05, 4.69) is 21.2 Å². The summed E-state index contributed by atoms with van der Waals surface area (Å²) in [6, 6.07) is 12.4. The number of nitrogens with one attached hydrogen (secondary N) is 1. The Morgan fingerprint density at radius 3 is 2.37 bits per heavy atom. The van der Waals surface area contributed by atoms with Crippen LogP contribution in [0.25, 0.3) is 0 Å². The molecular formula is C21H23BrN2O3. The Labute approximate surface area is 167 Å². The maximum absolute atomic E-state index is 12.7. The Morgan fingerprint density at radius 1 is 1.07 bits per heavy atom. The lowest BCUT2D eigenvalue weighted by Gasteiger charge is -2.16. The van der Waals surface area contributed by atoms with Gasteiger partial charge in [0.1, 0.15) is 5.75 Å². The predicted molar refractivity (Wildman–Crippen MR) is 109 cm³/mol. The highest BCUT2D eigenvalue weighted by Gasteiger charge is 2.19. The number of amides is 2. The van der Waals surface area contributed by atoms with Crippen molar-refractivity contribution in [2.24, 2.45) is 0 Å². The molecule has 1 saturated heterocycles. The van der Waals surface area contributed by atoms with Crippen LogP contribution in [0, 0.1) is 0 Å². The van der Waals surface area contributed by atoms with Crippen LogP contribution in [0.15, 0.2) is 46.9 Å². The van der Waals surface area contributed by atoms with E-state index >= 15 is 0 Å². The molecule has 0 bridgehead atoms.